The first-order valence-electron chi connectivity index (χ1n) is 7.49. The Balaban J connectivity index is 2.45. The third-order valence-corrected chi connectivity index (χ3v) is 3.25. The minimum atomic E-state index is -4.51. The molecule has 26 heavy (non-hydrogen) atoms. The fraction of sp³-hybridized carbons (Fsp3) is 0.222. The Morgan fingerprint density at radius 1 is 1.19 bits per heavy atom. The summed E-state index contributed by atoms with van der Waals surface area (Å²) in [6.45, 7) is 0. The van der Waals surface area contributed by atoms with Crippen molar-refractivity contribution in [2.24, 2.45) is 0 Å². The SMILES string of the molecule is COC(=O)/C(=C\N(C)C)c1ccccc1Oc1cc(C(F)(F)F)ccn1. The molecule has 0 amide bonds. The van der Waals surface area contributed by atoms with Gasteiger partial charge in [0.1, 0.15) is 5.75 Å². The lowest BCUT2D eigenvalue weighted by Gasteiger charge is -2.15. The molecule has 2 rings (SSSR count). The van der Waals surface area contributed by atoms with Crippen LogP contribution in [0.1, 0.15) is 11.1 Å². The van der Waals surface area contributed by atoms with E-state index in [4.69, 9.17) is 9.47 Å². The van der Waals surface area contributed by atoms with E-state index in [0.717, 1.165) is 18.3 Å². The topological polar surface area (TPSA) is 51.7 Å². The molecule has 0 atom stereocenters. The van der Waals surface area contributed by atoms with E-state index in [1.165, 1.54) is 19.4 Å². The summed E-state index contributed by atoms with van der Waals surface area (Å²) < 4.78 is 48.9. The first-order chi connectivity index (χ1) is 12.2. The van der Waals surface area contributed by atoms with Gasteiger partial charge in [-0.25, -0.2) is 9.78 Å². The van der Waals surface area contributed by atoms with E-state index in [-0.39, 0.29) is 17.2 Å². The first-order valence-corrected chi connectivity index (χ1v) is 7.49. The number of carbonyl (C=O) groups excluding carboxylic acids is 1. The molecule has 0 fully saturated rings. The van der Waals surface area contributed by atoms with E-state index in [1.54, 1.807) is 37.2 Å². The van der Waals surface area contributed by atoms with Crippen LogP contribution in [0.4, 0.5) is 13.2 Å². The van der Waals surface area contributed by atoms with Crippen LogP contribution in [0.5, 0.6) is 11.6 Å². The van der Waals surface area contributed by atoms with Crippen molar-refractivity contribution in [2.45, 2.75) is 6.18 Å². The maximum atomic E-state index is 12.9. The number of carbonyl (C=O) groups is 1. The Hall–Kier alpha value is -3.03. The quantitative estimate of drug-likeness (QED) is 0.592. The molecule has 0 saturated heterocycles. The number of ether oxygens (including phenoxy) is 2. The van der Waals surface area contributed by atoms with Crippen molar-refractivity contribution in [1.29, 1.82) is 0 Å². The van der Waals surface area contributed by atoms with E-state index in [0.29, 0.717) is 5.56 Å². The molecule has 0 bridgehead atoms. The van der Waals surface area contributed by atoms with Gasteiger partial charge in [-0.1, -0.05) is 18.2 Å². The van der Waals surface area contributed by atoms with Gasteiger partial charge >= 0.3 is 12.1 Å². The van der Waals surface area contributed by atoms with Crippen LogP contribution in [0.15, 0.2) is 48.8 Å². The molecule has 138 valence electrons. The molecule has 0 unspecified atom stereocenters. The zero-order valence-electron chi connectivity index (χ0n) is 14.4. The van der Waals surface area contributed by atoms with Crippen molar-refractivity contribution >= 4 is 11.5 Å². The molecule has 0 aliphatic heterocycles. The van der Waals surface area contributed by atoms with Crippen molar-refractivity contribution in [3.63, 3.8) is 0 Å². The maximum absolute atomic E-state index is 12.9. The highest BCUT2D eigenvalue weighted by Gasteiger charge is 2.31. The predicted octanol–water partition coefficient (Wildman–Crippen LogP) is 3.97. The number of hydrogen-bond donors (Lipinski definition) is 0. The van der Waals surface area contributed by atoms with Crippen molar-refractivity contribution in [3.8, 4) is 11.6 Å². The Morgan fingerprint density at radius 3 is 2.50 bits per heavy atom. The Labute approximate surface area is 148 Å². The number of alkyl halides is 3. The van der Waals surface area contributed by atoms with Crippen LogP contribution in [0, 0.1) is 0 Å². The molecule has 1 aromatic heterocycles. The van der Waals surface area contributed by atoms with Gasteiger partial charge in [0.05, 0.1) is 18.2 Å². The molecular formula is C18H17F3N2O3. The Bertz CT molecular complexity index is 817. The van der Waals surface area contributed by atoms with Gasteiger partial charge in [-0.15, -0.1) is 0 Å². The number of methoxy groups -OCH3 is 1. The molecule has 1 aromatic carbocycles. The summed E-state index contributed by atoms with van der Waals surface area (Å²) in [6, 6.07) is 8.10. The van der Waals surface area contributed by atoms with Crippen molar-refractivity contribution < 1.29 is 27.4 Å². The number of benzene rings is 1. The van der Waals surface area contributed by atoms with E-state index in [2.05, 4.69) is 4.98 Å². The van der Waals surface area contributed by atoms with Crippen LogP contribution in [-0.4, -0.2) is 37.1 Å². The lowest BCUT2D eigenvalue weighted by atomic mass is 10.1. The number of hydrogen-bond acceptors (Lipinski definition) is 5. The Morgan fingerprint density at radius 2 is 1.88 bits per heavy atom. The highest BCUT2D eigenvalue weighted by molar-refractivity contribution is 6.17. The Kier molecular flexibility index (Phi) is 5.86. The van der Waals surface area contributed by atoms with Crippen molar-refractivity contribution in [2.75, 3.05) is 21.2 Å². The summed E-state index contributed by atoms with van der Waals surface area (Å²) in [5.74, 6) is -0.661. The fourth-order valence-electron chi connectivity index (χ4n) is 2.13. The second-order valence-electron chi connectivity index (χ2n) is 5.48. The first kappa shape index (κ1) is 19.3. The van der Waals surface area contributed by atoms with Gasteiger partial charge in [0, 0.05) is 38.1 Å². The second-order valence-corrected chi connectivity index (χ2v) is 5.48. The van der Waals surface area contributed by atoms with Crippen LogP contribution in [-0.2, 0) is 15.7 Å². The van der Waals surface area contributed by atoms with Crippen LogP contribution < -0.4 is 4.74 Å². The number of halogens is 3. The highest BCUT2D eigenvalue weighted by Crippen LogP contribution is 2.34. The summed E-state index contributed by atoms with van der Waals surface area (Å²) >= 11 is 0. The third-order valence-electron chi connectivity index (χ3n) is 3.25. The zero-order chi connectivity index (χ0) is 19.3. The van der Waals surface area contributed by atoms with Crippen LogP contribution in [0.2, 0.25) is 0 Å². The van der Waals surface area contributed by atoms with Gasteiger partial charge in [-0.05, 0) is 12.1 Å². The van der Waals surface area contributed by atoms with E-state index >= 15 is 0 Å². The van der Waals surface area contributed by atoms with Crippen LogP contribution in [0.25, 0.3) is 5.57 Å². The number of nitrogens with zero attached hydrogens (tertiary/aromatic N) is 2. The molecular weight excluding hydrogens is 349 g/mol. The van der Waals surface area contributed by atoms with Gasteiger partial charge in [0.25, 0.3) is 0 Å². The average molecular weight is 366 g/mol. The van der Waals surface area contributed by atoms with Gasteiger partial charge in [-0.3, -0.25) is 0 Å². The van der Waals surface area contributed by atoms with Crippen molar-refractivity contribution in [3.05, 3.63) is 59.9 Å². The lowest BCUT2D eigenvalue weighted by Crippen LogP contribution is -2.11. The monoisotopic (exact) mass is 366 g/mol. The standard InChI is InChI=1S/C18H17F3N2O3/c1-23(2)11-14(17(24)25-3)13-6-4-5-7-15(13)26-16-10-12(8-9-22-16)18(19,20)21/h4-11H,1-3H3/b14-11-. The van der Waals surface area contributed by atoms with E-state index in [1.807, 2.05) is 0 Å². The predicted molar refractivity (Wildman–Crippen MR) is 89.4 cm³/mol. The zero-order valence-corrected chi connectivity index (χ0v) is 14.4. The van der Waals surface area contributed by atoms with Gasteiger partial charge in [0.2, 0.25) is 5.88 Å². The maximum Gasteiger partial charge on any atom is 0.416 e. The summed E-state index contributed by atoms with van der Waals surface area (Å²) in [7, 11) is 4.69. The molecule has 5 nitrogen and oxygen atoms in total. The molecule has 0 aliphatic rings. The number of aromatic nitrogens is 1. The van der Waals surface area contributed by atoms with Gasteiger partial charge in [0.15, 0.2) is 0 Å². The molecule has 2 aromatic rings. The van der Waals surface area contributed by atoms with Crippen molar-refractivity contribution in [1.82, 2.24) is 9.88 Å². The van der Waals surface area contributed by atoms with Crippen LogP contribution >= 0.6 is 0 Å². The molecule has 0 radical (unpaired) electrons. The summed E-state index contributed by atoms with van der Waals surface area (Å²) in [6.07, 6.45) is -1.96. The van der Waals surface area contributed by atoms with E-state index < -0.39 is 17.7 Å². The fourth-order valence-corrected chi connectivity index (χ4v) is 2.13. The molecule has 0 aliphatic carbocycles. The van der Waals surface area contributed by atoms with Gasteiger partial charge in [-0.2, -0.15) is 13.2 Å². The molecule has 0 spiro atoms. The lowest BCUT2D eigenvalue weighted by molar-refractivity contribution is -0.137. The highest BCUT2D eigenvalue weighted by atomic mass is 19.4. The van der Waals surface area contributed by atoms with E-state index in [9.17, 15) is 18.0 Å². The average Bonchev–Trinajstić information content (AvgIpc) is 2.59. The number of pyridine rings is 1. The smallest absolute Gasteiger partial charge is 0.416 e. The minimum Gasteiger partial charge on any atom is -0.465 e. The summed E-state index contributed by atoms with van der Waals surface area (Å²) in [5, 5.41) is 0. The second kappa shape index (κ2) is 7.90. The largest absolute Gasteiger partial charge is 0.465 e. The van der Waals surface area contributed by atoms with Gasteiger partial charge < -0.3 is 14.4 Å². The number of para-hydroxylation sites is 1. The normalized spacial score (nSPS) is 11.8. The summed E-state index contributed by atoms with van der Waals surface area (Å²) in [4.78, 5) is 17.6. The third kappa shape index (κ3) is 4.75. The van der Waals surface area contributed by atoms with Crippen LogP contribution in [0.3, 0.4) is 0 Å². The molecule has 0 saturated carbocycles. The molecule has 1 heterocycles. The minimum absolute atomic E-state index is 0.179. The molecule has 8 heteroatoms. The number of esters is 1. The molecule has 0 N–H and O–H groups in total. The summed E-state index contributed by atoms with van der Waals surface area (Å²) in [5.41, 5.74) is -0.315. The number of rotatable bonds is 5.